The Hall–Kier alpha value is -3.34. The third-order valence-electron chi connectivity index (χ3n) is 4.99. The molecule has 0 saturated carbocycles. The van der Waals surface area contributed by atoms with Gasteiger partial charge in [0.2, 0.25) is 11.6 Å². The van der Waals surface area contributed by atoms with Gasteiger partial charge in [-0.25, -0.2) is 0 Å². The second-order valence-electron chi connectivity index (χ2n) is 7.03. The Labute approximate surface area is 164 Å². The highest BCUT2D eigenvalue weighted by atomic mass is 16.1. The van der Waals surface area contributed by atoms with Crippen molar-refractivity contribution >= 4 is 28.6 Å². The number of anilines is 3. The molecule has 5 nitrogen and oxygen atoms in total. The first-order chi connectivity index (χ1) is 13.7. The maximum absolute atomic E-state index is 12.5. The lowest BCUT2D eigenvalue weighted by Gasteiger charge is -2.32. The Morgan fingerprint density at radius 3 is 1.89 bits per heavy atom. The molecule has 2 aliphatic rings. The first kappa shape index (κ1) is 18.0. The number of likely N-dealkylation sites (tertiary alicyclic amines) is 1. The summed E-state index contributed by atoms with van der Waals surface area (Å²) in [5.74, 6) is -0.266. The lowest BCUT2D eigenvalue weighted by molar-refractivity contribution is -0.116. The lowest BCUT2D eigenvalue weighted by Crippen LogP contribution is -2.36. The van der Waals surface area contributed by atoms with Gasteiger partial charge in [-0.05, 0) is 67.8 Å². The van der Waals surface area contributed by atoms with E-state index in [0.717, 1.165) is 43.0 Å². The number of para-hydroxylation sites is 1. The molecule has 1 heterocycles. The Morgan fingerprint density at radius 2 is 1.21 bits per heavy atom. The van der Waals surface area contributed by atoms with Crippen molar-refractivity contribution in [3.05, 3.63) is 78.1 Å². The Bertz CT molecular complexity index is 924. The van der Waals surface area contributed by atoms with Gasteiger partial charge in [0.25, 0.3) is 0 Å². The molecule has 28 heavy (non-hydrogen) atoms. The van der Waals surface area contributed by atoms with E-state index in [2.05, 4.69) is 10.6 Å². The summed E-state index contributed by atoms with van der Waals surface area (Å²) in [6.07, 6.45) is 5.98. The van der Waals surface area contributed by atoms with Gasteiger partial charge < -0.3 is 15.5 Å². The zero-order chi connectivity index (χ0) is 19.3. The first-order valence-electron chi connectivity index (χ1n) is 9.66. The number of carbonyl (C=O) groups is 2. The van der Waals surface area contributed by atoms with Crippen LogP contribution in [0.25, 0.3) is 0 Å². The summed E-state index contributed by atoms with van der Waals surface area (Å²) in [6.45, 7) is 1.63. The Balaban J connectivity index is 1.55. The third kappa shape index (κ3) is 3.98. The van der Waals surface area contributed by atoms with Crippen LogP contribution in [-0.2, 0) is 9.59 Å². The van der Waals surface area contributed by atoms with Crippen molar-refractivity contribution in [3.8, 4) is 0 Å². The normalized spacial score (nSPS) is 17.1. The van der Waals surface area contributed by atoms with E-state index in [1.807, 2.05) is 59.5 Å². The van der Waals surface area contributed by atoms with Crippen molar-refractivity contribution in [2.45, 2.75) is 19.3 Å². The molecule has 1 fully saturated rings. The average molecular weight is 373 g/mol. The van der Waals surface area contributed by atoms with Gasteiger partial charge in [0, 0.05) is 30.2 Å². The molecule has 1 saturated heterocycles. The molecule has 0 unspecified atom stereocenters. The molecular formula is C23H23N3O2. The number of ketones is 2. The van der Waals surface area contributed by atoms with Crippen molar-refractivity contribution in [3.63, 3.8) is 0 Å². The van der Waals surface area contributed by atoms with Crippen molar-refractivity contribution in [1.82, 2.24) is 4.90 Å². The van der Waals surface area contributed by atoms with Crippen LogP contribution in [0.15, 0.2) is 78.1 Å². The second kappa shape index (κ2) is 8.13. The van der Waals surface area contributed by atoms with Crippen molar-refractivity contribution < 1.29 is 9.59 Å². The molecule has 0 aromatic heterocycles. The van der Waals surface area contributed by atoms with Crippen LogP contribution in [0.4, 0.5) is 17.1 Å². The summed E-state index contributed by atoms with van der Waals surface area (Å²) in [6, 6.07) is 17.6. The maximum atomic E-state index is 12.5. The predicted octanol–water partition coefficient (Wildman–Crippen LogP) is 4.25. The van der Waals surface area contributed by atoms with E-state index < -0.39 is 0 Å². The number of nitrogens with one attached hydrogen (secondary N) is 2. The fourth-order valence-electron chi connectivity index (χ4n) is 3.58. The fraction of sp³-hybridized carbons (Fsp3) is 0.217. The van der Waals surface area contributed by atoms with Crippen LogP contribution < -0.4 is 10.6 Å². The van der Waals surface area contributed by atoms with E-state index in [9.17, 15) is 9.59 Å². The van der Waals surface area contributed by atoms with E-state index in [1.54, 1.807) is 0 Å². The second-order valence-corrected chi connectivity index (χ2v) is 7.03. The molecule has 4 rings (SSSR count). The SMILES string of the molecule is O=C1C=CC(=O)C(N2CCCCC2)=C1Nc1ccc(Nc2ccccc2)cc1. The molecule has 2 aromatic carbocycles. The Morgan fingerprint density at radius 1 is 0.643 bits per heavy atom. The highest BCUT2D eigenvalue weighted by Gasteiger charge is 2.28. The standard InChI is InChI=1S/C23H23N3O2/c27-20-13-14-21(28)23(26-15-5-2-6-16-26)22(20)25-19-11-9-18(10-12-19)24-17-7-3-1-4-8-17/h1,3-4,7-14,24-25H,2,5-6,15-16H2. The fourth-order valence-corrected chi connectivity index (χ4v) is 3.58. The number of nitrogens with zero attached hydrogens (tertiary/aromatic N) is 1. The van der Waals surface area contributed by atoms with Crippen molar-refractivity contribution in [1.29, 1.82) is 0 Å². The zero-order valence-corrected chi connectivity index (χ0v) is 15.7. The minimum absolute atomic E-state index is 0.105. The smallest absolute Gasteiger partial charge is 0.204 e. The van der Waals surface area contributed by atoms with Gasteiger partial charge in [-0.15, -0.1) is 0 Å². The number of hydrogen-bond donors (Lipinski definition) is 2. The maximum Gasteiger partial charge on any atom is 0.204 e. The van der Waals surface area contributed by atoms with Gasteiger partial charge in [-0.2, -0.15) is 0 Å². The largest absolute Gasteiger partial charge is 0.367 e. The first-order valence-corrected chi connectivity index (χ1v) is 9.66. The van der Waals surface area contributed by atoms with Crippen molar-refractivity contribution in [2.75, 3.05) is 23.7 Å². The Kier molecular flexibility index (Phi) is 5.24. The molecule has 2 N–H and O–H groups in total. The van der Waals surface area contributed by atoms with Gasteiger partial charge in [0.15, 0.2) is 0 Å². The van der Waals surface area contributed by atoms with Gasteiger partial charge in [-0.1, -0.05) is 18.2 Å². The number of allylic oxidation sites excluding steroid dienone is 2. The van der Waals surface area contributed by atoms with Gasteiger partial charge in [0.05, 0.1) is 0 Å². The molecule has 5 heteroatoms. The molecule has 142 valence electrons. The number of rotatable bonds is 5. The molecule has 2 aromatic rings. The summed E-state index contributed by atoms with van der Waals surface area (Å²) in [4.78, 5) is 27.1. The van der Waals surface area contributed by atoms with Gasteiger partial charge in [-0.3, -0.25) is 9.59 Å². The summed E-state index contributed by atoms with van der Waals surface area (Å²) in [5.41, 5.74) is 3.61. The predicted molar refractivity (Wildman–Crippen MR) is 111 cm³/mol. The number of piperidine rings is 1. The molecular weight excluding hydrogens is 350 g/mol. The minimum Gasteiger partial charge on any atom is -0.367 e. The van der Waals surface area contributed by atoms with Crippen molar-refractivity contribution in [2.24, 2.45) is 0 Å². The molecule has 0 amide bonds. The number of hydrogen-bond acceptors (Lipinski definition) is 5. The van der Waals surface area contributed by atoms with Crippen LogP contribution in [0.5, 0.6) is 0 Å². The van der Waals surface area contributed by atoms with Crippen LogP contribution >= 0.6 is 0 Å². The molecule has 0 spiro atoms. The minimum atomic E-state index is -0.160. The summed E-state index contributed by atoms with van der Waals surface area (Å²) >= 11 is 0. The van der Waals surface area contributed by atoms with Crippen LogP contribution in [0.3, 0.4) is 0 Å². The highest BCUT2D eigenvalue weighted by molar-refractivity contribution is 6.20. The van der Waals surface area contributed by atoms with Crippen LogP contribution in [0.1, 0.15) is 19.3 Å². The van der Waals surface area contributed by atoms with E-state index >= 15 is 0 Å². The monoisotopic (exact) mass is 373 g/mol. The number of benzene rings is 2. The van der Waals surface area contributed by atoms with E-state index in [4.69, 9.17) is 0 Å². The third-order valence-corrected chi connectivity index (χ3v) is 4.99. The quantitative estimate of drug-likeness (QED) is 0.768. The summed E-state index contributed by atoms with van der Waals surface area (Å²) in [7, 11) is 0. The van der Waals surface area contributed by atoms with Crippen LogP contribution in [-0.4, -0.2) is 29.6 Å². The van der Waals surface area contributed by atoms with Gasteiger partial charge in [0.1, 0.15) is 11.4 Å². The topological polar surface area (TPSA) is 61.4 Å². The molecule has 0 atom stereocenters. The van der Waals surface area contributed by atoms with E-state index in [0.29, 0.717) is 11.4 Å². The lowest BCUT2D eigenvalue weighted by atomic mass is 10.0. The van der Waals surface area contributed by atoms with Crippen LogP contribution in [0, 0.1) is 0 Å². The molecule has 1 aliphatic carbocycles. The van der Waals surface area contributed by atoms with Crippen LogP contribution in [0.2, 0.25) is 0 Å². The van der Waals surface area contributed by atoms with E-state index in [-0.39, 0.29) is 11.6 Å². The van der Waals surface area contributed by atoms with E-state index in [1.165, 1.54) is 18.6 Å². The summed E-state index contributed by atoms with van der Waals surface area (Å²) in [5, 5.41) is 6.52. The molecule has 0 radical (unpaired) electrons. The van der Waals surface area contributed by atoms with Gasteiger partial charge >= 0.3 is 0 Å². The molecule has 1 aliphatic heterocycles. The molecule has 0 bridgehead atoms. The average Bonchev–Trinajstić information content (AvgIpc) is 2.74. The summed E-state index contributed by atoms with van der Waals surface area (Å²) < 4.78 is 0. The zero-order valence-electron chi connectivity index (χ0n) is 15.7. The number of carbonyl (C=O) groups excluding carboxylic acids is 2. The highest BCUT2D eigenvalue weighted by Crippen LogP contribution is 2.25.